The fourth-order valence-electron chi connectivity index (χ4n) is 2.03. The maximum Gasteiger partial charge on any atom is 0.406 e. The summed E-state index contributed by atoms with van der Waals surface area (Å²) in [5, 5.41) is 0. The summed E-state index contributed by atoms with van der Waals surface area (Å²) in [5.41, 5.74) is -0.751. The lowest BCUT2D eigenvalue weighted by molar-refractivity contribution is -0.145. The van der Waals surface area contributed by atoms with Gasteiger partial charge < -0.3 is 4.90 Å². The van der Waals surface area contributed by atoms with Gasteiger partial charge >= 0.3 is 6.18 Å². The molecule has 1 heterocycles. The van der Waals surface area contributed by atoms with Crippen molar-refractivity contribution < 1.29 is 26.7 Å². The zero-order chi connectivity index (χ0) is 16.2. The Balaban J connectivity index is 3.18. The zero-order valence-electron chi connectivity index (χ0n) is 11.5. The van der Waals surface area contributed by atoms with Gasteiger partial charge in [-0.1, -0.05) is 13.8 Å². The summed E-state index contributed by atoms with van der Waals surface area (Å²) >= 11 is 0. The van der Waals surface area contributed by atoms with Gasteiger partial charge in [0.15, 0.2) is 5.82 Å². The number of alkyl halides is 3. The van der Waals surface area contributed by atoms with E-state index >= 15 is 0 Å². The van der Waals surface area contributed by atoms with Gasteiger partial charge in [0.2, 0.25) is 5.95 Å². The van der Waals surface area contributed by atoms with Crippen LogP contribution in [0, 0.1) is 11.8 Å². The fraction of sp³-hybridized carbons (Fsp3) is 0.538. The van der Waals surface area contributed by atoms with Crippen molar-refractivity contribution in [2.75, 3.05) is 6.54 Å². The first-order valence-corrected chi connectivity index (χ1v) is 6.39. The van der Waals surface area contributed by atoms with E-state index in [0.29, 0.717) is 4.90 Å². The Hall–Kier alpha value is -1.73. The summed E-state index contributed by atoms with van der Waals surface area (Å²) in [6.07, 6.45) is -3.24. The van der Waals surface area contributed by atoms with Crippen LogP contribution in [0.2, 0.25) is 0 Å². The Morgan fingerprint density at radius 1 is 1.29 bits per heavy atom. The molecule has 0 unspecified atom stereocenters. The molecule has 1 aromatic rings. The van der Waals surface area contributed by atoms with E-state index in [9.17, 15) is 26.7 Å². The van der Waals surface area contributed by atoms with Crippen molar-refractivity contribution in [3.05, 3.63) is 29.6 Å². The number of aromatic nitrogens is 1. The third kappa shape index (κ3) is 4.37. The Labute approximate surface area is 118 Å². The first-order chi connectivity index (χ1) is 9.71. The molecule has 3 nitrogen and oxygen atoms in total. The number of nitrogens with zero attached hydrogens (tertiary/aromatic N) is 2. The van der Waals surface area contributed by atoms with Crippen LogP contribution in [-0.4, -0.2) is 34.6 Å². The normalized spacial score (nSPS) is 11.8. The maximum absolute atomic E-state index is 13.6. The molecule has 0 aliphatic heterocycles. The van der Waals surface area contributed by atoms with E-state index in [0.717, 1.165) is 12.3 Å². The van der Waals surface area contributed by atoms with E-state index in [1.807, 2.05) is 0 Å². The maximum atomic E-state index is 13.6. The van der Waals surface area contributed by atoms with Crippen LogP contribution in [0.1, 0.15) is 37.0 Å². The third-order valence-electron chi connectivity index (χ3n) is 3.07. The predicted molar refractivity (Wildman–Crippen MR) is 65.6 cm³/mol. The van der Waals surface area contributed by atoms with Gasteiger partial charge in [-0.3, -0.25) is 4.79 Å². The van der Waals surface area contributed by atoms with Crippen molar-refractivity contribution in [1.82, 2.24) is 9.88 Å². The molecule has 0 spiro atoms. The van der Waals surface area contributed by atoms with Gasteiger partial charge in [0, 0.05) is 12.2 Å². The zero-order valence-corrected chi connectivity index (χ0v) is 11.5. The topological polar surface area (TPSA) is 33.2 Å². The van der Waals surface area contributed by atoms with Crippen LogP contribution in [0.15, 0.2) is 12.3 Å². The summed E-state index contributed by atoms with van der Waals surface area (Å²) < 4.78 is 64.4. The predicted octanol–water partition coefficient (Wildman–Crippen LogP) is 3.55. The van der Waals surface area contributed by atoms with Gasteiger partial charge in [-0.2, -0.15) is 17.6 Å². The SMILES string of the molecule is CCC(CC)N(CC(F)(F)F)C(=O)c1ccnc(F)c1F. The fourth-order valence-corrected chi connectivity index (χ4v) is 2.03. The Bertz CT molecular complexity index is 500. The second-order valence-electron chi connectivity index (χ2n) is 4.48. The first kappa shape index (κ1) is 17.3. The van der Waals surface area contributed by atoms with Crippen molar-refractivity contribution in [1.29, 1.82) is 0 Å². The number of carbonyl (C=O) groups is 1. The quantitative estimate of drug-likeness (QED) is 0.615. The minimum Gasteiger partial charge on any atom is -0.326 e. The van der Waals surface area contributed by atoms with Crippen LogP contribution in [0.5, 0.6) is 0 Å². The lowest BCUT2D eigenvalue weighted by Gasteiger charge is -2.31. The van der Waals surface area contributed by atoms with Gasteiger partial charge in [0.1, 0.15) is 6.54 Å². The molecule has 0 radical (unpaired) electrons. The van der Waals surface area contributed by atoms with Crippen molar-refractivity contribution in [3.63, 3.8) is 0 Å². The van der Waals surface area contributed by atoms with Crippen molar-refractivity contribution in [2.24, 2.45) is 0 Å². The molecular formula is C13H15F5N2O. The van der Waals surface area contributed by atoms with Crippen LogP contribution in [-0.2, 0) is 0 Å². The van der Waals surface area contributed by atoms with E-state index in [2.05, 4.69) is 4.98 Å². The highest BCUT2D eigenvalue weighted by atomic mass is 19.4. The lowest BCUT2D eigenvalue weighted by atomic mass is 10.1. The number of hydrogen-bond acceptors (Lipinski definition) is 2. The number of pyridine rings is 1. The molecule has 0 aromatic carbocycles. The second-order valence-corrected chi connectivity index (χ2v) is 4.48. The average molecular weight is 310 g/mol. The van der Waals surface area contributed by atoms with E-state index in [4.69, 9.17) is 0 Å². The Morgan fingerprint density at radius 2 is 1.86 bits per heavy atom. The van der Waals surface area contributed by atoms with Gasteiger partial charge in [0.05, 0.1) is 5.56 Å². The third-order valence-corrected chi connectivity index (χ3v) is 3.07. The molecule has 0 aliphatic carbocycles. The summed E-state index contributed by atoms with van der Waals surface area (Å²) in [5.74, 6) is -4.25. The minimum atomic E-state index is -4.62. The smallest absolute Gasteiger partial charge is 0.326 e. The van der Waals surface area contributed by atoms with E-state index < -0.39 is 42.0 Å². The molecule has 1 rings (SSSR count). The minimum absolute atomic E-state index is 0.271. The Kier molecular flexibility index (Phi) is 5.62. The molecule has 0 atom stereocenters. The highest BCUT2D eigenvalue weighted by molar-refractivity contribution is 5.94. The number of amides is 1. The van der Waals surface area contributed by atoms with Crippen LogP contribution in [0.3, 0.4) is 0 Å². The van der Waals surface area contributed by atoms with Gasteiger partial charge in [-0.05, 0) is 18.9 Å². The van der Waals surface area contributed by atoms with Crippen molar-refractivity contribution >= 4 is 5.91 Å². The molecule has 118 valence electrons. The monoisotopic (exact) mass is 310 g/mol. The first-order valence-electron chi connectivity index (χ1n) is 6.39. The molecule has 1 aromatic heterocycles. The summed E-state index contributed by atoms with van der Waals surface area (Å²) in [7, 11) is 0. The molecule has 1 amide bonds. The van der Waals surface area contributed by atoms with Crippen molar-refractivity contribution in [2.45, 2.75) is 38.9 Å². The molecule has 8 heteroatoms. The van der Waals surface area contributed by atoms with Gasteiger partial charge in [-0.25, -0.2) is 9.37 Å². The highest BCUT2D eigenvalue weighted by Crippen LogP contribution is 2.23. The number of carbonyl (C=O) groups excluding carboxylic acids is 1. The molecular weight excluding hydrogens is 295 g/mol. The van der Waals surface area contributed by atoms with Crippen molar-refractivity contribution in [3.8, 4) is 0 Å². The second kappa shape index (κ2) is 6.82. The Morgan fingerprint density at radius 3 is 2.33 bits per heavy atom. The largest absolute Gasteiger partial charge is 0.406 e. The van der Waals surface area contributed by atoms with E-state index in [1.165, 1.54) is 0 Å². The lowest BCUT2D eigenvalue weighted by Crippen LogP contribution is -2.45. The molecule has 0 saturated carbocycles. The van der Waals surface area contributed by atoms with Gasteiger partial charge in [0.25, 0.3) is 5.91 Å². The van der Waals surface area contributed by atoms with Crippen LogP contribution in [0.25, 0.3) is 0 Å². The summed E-state index contributed by atoms with van der Waals surface area (Å²) in [6.45, 7) is 1.73. The van der Waals surface area contributed by atoms with Crippen LogP contribution < -0.4 is 0 Å². The summed E-state index contributed by atoms with van der Waals surface area (Å²) in [6, 6.07) is 0.154. The molecule has 21 heavy (non-hydrogen) atoms. The van der Waals surface area contributed by atoms with E-state index in [1.54, 1.807) is 13.8 Å². The number of halogens is 5. The standard InChI is InChI=1S/C13H15F5N2O/c1-3-8(4-2)20(7-13(16,17)18)12(21)9-5-6-19-11(15)10(9)14/h5-6,8H,3-4,7H2,1-2H3. The van der Waals surface area contributed by atoms with Crippen LogP contribution >= 0.6 is 0 Å². The van der Waals surface area contributed by atoms with E-state index in [-0.39, 0.29) is 12.8 Å². The molecule has 0 bridgehead atoms. The number of hydrogen-bond donors (Lipinski definition) is 0. The van der Waals surface area contributed by atoms with Gasteiger partial charge in [-0.15, -0.1) is 0 Å². The molecule has 0 saturated heterocycles. The molecule has 0 fully saturated rings. The summed E-state index contributed by atoms with van der Waals surface area (Å²) in [4.78, 5) is 15.7. The highest BCUT2D eigenvalue weighted by Gasteiger charge is 2.37. The van der Waals surface area contributed by atoms with Crippen LogP contribution in [0.4, 0.5) is 22.0 Å². The number of rotatable bonds is 5. The average Bonchev–Trinajstić information content (AvgIpc) is 2.40. The molecule has 0 N–H and O–H groups in total. The molecule has 0 aliphatic rings.